The number of benzene rings is 1. The summed E-state index contributed by atoms with van der Waals surface area (Å²) in [6, 6.07) is 9.71. The molecule has 0 bridgehead atoms. The molecular weight excluding hydrogens is 261 g/mol. The van der Waals surface area contributed by atoms with Gasteiger partial charge in [-0.3, -0.25) is 4.98 Å². The Morgan fingerprint density at radius 3 is 2.85 bits per heavy atom. The van der Waals surface area contributed by atoms with Crippen molar-refractivity contribution in [3.8, 4) is 5.75 Å². The van der Waals surface area contributed by atoms with Gasteiger partial charge in [-0.15, -0.1) is 0 Å². The van der Waals surface area contributed by atoms with E-state index in [-0.39, 0.29) is 11.6 Å². The van der Waals surface area contributed by atoms with Crippen LogP contribution in [-0.2, 0) is 6.42 Å². The van der Waals surface area contributed by atoms with Crippen LogP contribution < -0.4 is 10.5 Å². The fourth-order valence-corrected chi connectivity index (χ4v) is 1.65. The molecule has 2 aromatic rings. The minimum atomic E-state index is -0.560. The summed E-state index contributed by atoms with van der Waals surface area (Å²) in [6.45, 7) is 0.316. The third-order valence-electron chi connectivity index (χ3n) is 2.68. The maximum absolute atomic E-state index is 13.7. The van der Waals surface area contributed by atoms with Crippen LogP contribution in [0.2, 0.25) is 0 Å². The lowest BCUT2D eigenvalue weighted by atomic mass is 10.2. The molecule has 0 fully saturated rings. The van der Waals surface area contributed by atoms with E-state index in [0.717, 1.165) is 11.8 Å². The van der Waals surface area contributed by atoms with E-state index in [1.807, 2.05) is 18.2 Å². The zero-order chi connectivity index (χ0) is 14.4. The summed E-state index contributed by atoms with van der Waals surface area (Å²) in [4.78, 5) is 4.15. The third-order valence-corrected chi connectivity index (χ3v) is 2.68. The summed E-state index contributed by atoms with van der Waals surface area (Å²) in [6.07, 6.45) is 2.28. The van der Waals surface area contributed by atoms with Gasteiger partial charge in [0, 0.05) is 23.9 Å². The van der Waals surface area contributed by atoms with Crippen molar-refractivity contribution in [1.82, 2.24) is 4.98 Å². The van der Waals surface area contributed by atoms with Gasteiger partial charge in [-0.1, -0.05) is 11.2 Å². The number of hydrogen-bond acceptors (Lipinski definition) is 4. The van der Waals surface area contributed by atoms with Crippen molar-refractivity contribution in [1.29, 1.82) is 0 Å². The summed E-state index contributed by atoms with van der Waals surface area (Å²) in [7, 11) is 0. The largest absolute Gasteiger partial charge is 0.490 e. The van der Waals surface area contributed by atoms with Crippen molar-refractivity contribution >= 4 is 5.84 Å². The number of hydrogen-bond donors (Lipinski definition) is 2. The van der Waals surface area contributed by atoms with Gasteiger partial charge in [0.25, 0.3) is 0 Å². The zero-order valence-electron chi connectivity index (χ0n) is 10.7. The first-order valence-electron chi connectivity index (χ1n) is 6.01. The smallest absolute Gasteiger partial charge is 0.170 e. The van der Waals surface area contributed by atoms with Crippen molar-refractivity contribution in [3.63, 3.8) is 0 Å². The molecule has 104 valence electrons. The van der Waals surface area contributed by atoms with Crippen LogP contribution in [0.15, 0.2) is 47.8 Å². The molecule has 5 nitrogen and oxygen atoms in total. The second kappa shape index (κ2) is 6.51. The lowest BCUT2D eigenvalue weighted by molar-refractivity contribution is 0.304. The molecule has 0 atom stereocenters. The van der Waals surface area contributed by atoms with Crippen molar-refractivity contribution in [2.75, 3.05) is 6.61 Å². The Labute approximate surface area is 115 Å². The average molecular weight is 275 g/mol. The molecule has 6 heteroatoms. The minimum Gasteiger partial charge on any atom is -0.490 e. The second-order valence-corrected chi connectivity index (χ2v) is 4.05. The van der Waals surface area contributed by atoms with E-state index in [1.165, 1.54) is 12.1 Å². The summed E-state index contributed by atoms with van der Waals surface area (Å²) >= 11 is 0. The second-order valence-electron chi connectivity index (χ2n) is 4.05. The van der Waals surface area contributed by atoms with E-state index in [0.29, 0.717) is 18.6 Å². The molecule has 1 aromatic heterocycles. The molecule has 0 aliphatic rings. The zero-order valence-corrected chi connectivity index (χ0v) is 10.7. The van der Waals surface area contributed by atoms with E-state index in [1.54, 1.807) is 6.20 Å². The van der Waals surface area contributed by atoms with Crippen molar-refractivity contribution < 1.29 is 14.3 Å². The van der Waals surface area contributed by atoms with E-state index in [4.69, 9.17) is 15.7 Å². The first-order valence-corrected chi connectivity index (χ1v) is 6.01. The van der Waals surface area contributed by atoms with Gasteiger partial charge in [0.2, 0.25) is 0 Å². The molecule has 0 radical (unpaired) electrons. The number of nitrogens with two attached hydrogens (primary N) is 1. The fourth-order valence-electron chi connectivity index (χ4n) is 1.65. The van der Waals surface area contributed by atoms with Crippen molar-refractivity contribution in [2.24, 2.45) is 10.9 Å². The van der Waals surface area contributed by atoms with Crippen LogP contribution in [0.1, 0.15) is 11.3 Å². The standard InChI is InChI=1S/C14H14FN3O2/c15-12-9-10(14(16)18-19)4-5-13(12)20-8-6-11-3-1-2-7-17-11/h1-5,7,9,19H,6,8H2,(H2,16,18). The van der Waals surface area contributed by atoms with E-state index < -0.39 is 5.82 Å². The van der Waals surface area contributed by atoms with Gasteiger partial charge in [-0.2, -0.15) is 0 Å². The first-order chi connectivity index (χ1) is 9.70. The van der Waals surface area contributed by atoms with Gasteiger partial charge in [0.05, 0.1) is 6.61 Å². The molecule has 0 spiro atoms. The van der Waals surface area contributed by atoms with Crippen LogP contribution in [0, 0.1) is 5.82 Å². The minimum absolute atomic E-state index is 0.121. The SMILES string of the molecule is N/C(=N\O)c1ccc(OCCc2ccccn2)c(F)c1. The van der Waals surface area contributed by atoms with Crippen LogP contribution in [0.4, 0.5) is 4.39 Å². The van der Waals surface area contributed by atoms with Crippen LogP contribution in [-0.4, -0.2) is 22.6 Å². The summed E-state index contributed by atoms with van der Waals surface area (Å²) in [5, 5.41) is 11.3. The highest BCUT2D eigenvalue weighted by atomic mass is 19.1. The van der Waals surface area contributed by atoms with Gasteiger partial charge in [-0.25, -0.2) is 4.39 Å². The van der Waals surface area contributed by atoms with Gasteiger partial charge >= 0.3 is 0 Å². The highest BCUT2D eigenvalue weighted by Crippen LogP contribution is 2.18. The number of amidine groups is 1. The third kappa shape index (κ3) is 3.44. The molecule has 0 saturated heterocycles. The Hall–Kier alpha value is -2.63. The number of oxime groups is 1. The first kappa shape index (κ1) is 13.8. The molecule has 0 saturated carbocycles. The molecule has 0 unspecified atom stereocenters. The maximum atomic E-state index is 13.7. The molecule has 20 heavy (non-hydrogen) atoms. The molecule has 0 aliphatic carbocycles. The normalized spacial score (nSPS) is 11.3. The van der Waals surface area contributed by atoms with Gasteiger partial charge in [0.1, 0.15) is 0 Å². The Bertz CT molecular complexity index is 603. The van der Waals surface area contributed by atoms with Gasteiger partial charge < -0.3 is 15.7 Å². The number of nitrogens with zero attached hydrogens (tertiary/aromatic N) is 2. The maximum Gasteiger partial charge on any atom is 0.170 e. The predicted molar refractivity (Wildman–Crippen MR) is 72.3 cm³/mol. The predicted octanol–water partition coefficient (Wildman–Crippen LogP) is 1.94. The molecule has 1 heterocycles. The number of rotatable bonds is 5. The monoisotopic (exact) mass is 275 g/mol. The van der Waals surface area contributed by atoms with Gasteiger partial charge in [0.15, 0.2) is 17.4 Å². The summed E-state index contributed by atoms with van der Waals surface area (Å²) in [5.74, 6) is -0.588. The highest BCUT2D eigenvalue weighted by molar-refractivity contribution is 5.97. The molecule has 1 aromatic carbocycles. The van der Waals surface area contributed by atoms with Gasteiger partial charge in [-0.05, 0) is 30.3 Å². The Balaban J connectivity index is 1.97. The summed E-state index contributed by atoms with van der Waals surface area (Å²) < 4.78 is 19.1. The number of pyridine rings is 1. The van der Waals surface area contributed by atoms with Crippen LogP contribution in [0.5, 0.6) is 5.75 Å². The number of ether oxygens (including phenoxy) is 1. The lowest BCUT2D eigenvalue weighted by Gasteiger charge is -2.08. The van der Waals surface area contributed by atoms with E-state index >= 15 is 0 Å². The Morgan fingerprint density at radius 2 is 2.20 bits per heavy atom. The van der Waals surface area contributed by atoms with Crippen LogP contribution in [0.3, 0.4) is 0 Å². The Morgan fingerprint density at radius 1 is 1.35 bits per heavy atom. The van der Waals surface area contributed by atoms with Crippen molar-refractivity contribution in [3.05, 3.63) is 59.7 Å². The van der Waals surface area contributed by atoms with Crippen LogP contribution in [0.25, 0.3) is 0 Å². The molecule has 3 N–H and O–H groups in total. The lowest BCUT2D eigenvalue weighted by Crippen LogP contribution is -2.13. The number of halogens is 1. The topological polar surface area (TPSA) is 80.7 Å². The van der Waals surface area contributed by atoms with Crippen LogP contribution >= 0.6 is 0 Å². The number of aromatic nitrogens is 1. The fraction of sp³-hybridized carbons (Fsp3) is 0.143. The molecule has 0 aliphatic heterocycles. The van der Waals surface area contributed by atoms with E-state index in [9.17, 15) is 4.39 Å². The molecule has 0 amide bonds. The average Bonchev–Trinajstić information content (AvgIpc) is 2.49. The highest BCUT2D eigenvalue weighted by Gasteiger charge is 2.07. The van der Waals surface area contributed by atoms with E-state index in [2.05, 4.69) is 10.1 Å². The summed E-state index contributed by atoms with van der Waals surface area (Å²) in [5.41, 5.74) is 6.54. The molecule has 2 rings (SSSR count). The quantitative estimate of drug-likeness (QED) is 0.378. The van der Waals surface area contributed by atoms with Crippen molar-refractivity contribution in [2.45, 2.75) is 6.42 Å². The Kier molecular flexibility index (Phi) is 4.49. The molecular formula is C14H14FN3O2.